The van der Waals surface area contributed by atoms with E-state index in [9.17, 15) is 4.79 Å². The number of carbonyl (C=O) groups excluding carboxylic acids is 1. The predicted molar refractivity (Wildman–Crippen MR) is 43.5 cm³/mol. The maximum Gasteiger partial charge on any atom is 0.292 e. The molecule has 1 aromatic heterocycles. The van der Waals surface area contributed by atoms with Crippen LogP contribution in [0.1, 0.15) is 5.56 Å². The summed E-state index contributed by atoms with van der Waals surface area (Å²) in [5, 5.41) is 7.03. The molecule has 12 heavy (non-hydrogen) atoms. The third kappa shape index (κ3) is 1.18. The molecule has 2 rings (SSSR count). The highest BCUT2D eigenvalue weighted by molar-refractivity contribution is 5.99. The van der Waals surface area contributed by atoms with Gasteiger partial charge in [-0.15, -0.1) is 5.11 Å². The van der Waals surface area contributed by atoms with E-state index >= 15 is 0 Å². The summed E-state index contributed by atoms with van der Waals surface area (Å²) in [5.41, 5.74) is 1.63. The van der Waals surface area contributed by atoms with Crippen LogP contribution in [0.4, 0.5) is 0 Å². The first-order valence-electron chi connectivity index (χ1n) is 3.61. The maximum atomic E-state index is 11.0. The molecule has 1 aromatic rings. The number of azo groups is 1. The lowest BCUT2D eigenvalue weighted by Crippen LogP contribution is -1.93. The van der Waals surface area contributed by atoms with Gasteiger partial charge in [-0.1, -0.05) is 0 Å². The summed E-state index contributed by atoms with van der Waals surface area (Å²) < 4.78 is 0. The van der Waals surface area contributed by atoms with Crippen LogP contribution in [-0.4, -0.2) is 17.4 Å². The van der Waals surface area contributed by atoms with Crippen molar-refractivity contribution in [2.24, 2.45) is 10.2 Å². The molecule has 0 fully saturated rings. The van der Waals surface area contributed by atoms with E-state index in [1.807, 2.05) is 12.3 Å². The molecule has 0 unspecified atom stereocenters. The van der Waals surface area contributed by atoms with E-state index in [2.05, 4.69) is 15.2 Å². The van der Waals surface area contributed by atoms with Gasteiger partial charge in [-0.25, -0.2) is 0 Å². The average Bonchev–Trinajstić information content (AvgIpc) is 2.65. The summed E-state index contributed by atoms with van der Waals surface area (Å²) in [6.07, 6.45) is 5.41. The van der Waals surface area contributed by atoms with Gasteiger partial charge >= 0.3 is 0 Å². The SMILES string of the molecule is O=C1N=NCC1=Cc1cc[nH]c1. The van der Waals surface area contributed by atoms with E-state index in [0.717, 1.165) is 5.56 Å². The van der Waals surface area contributed by atoms with Gasteiger partial charge in [-0.05, 0) is 17.7 Å². The molecule has 1 aliphatic heterocycles. The number of amides is 1. The van der Waals surface area contributed by atoms with Gasteiger partial charge in [0, 0.05) is 18.0 Å². The standard InChI is InChI=1S/C8H7N3O/c12-8-7(5-10-11-8)3-6-1-2-9-4-6/h1-4,9H,5H2. The molecule has 0 bridgehead atoms. The quantitative estimate of drug-likeness (QED) is 0.621. The Morgan fingerprint density at radius 3 is 3.08 bits per heavy atom. The third-order valence-corrected chi connectivity index (χ3v) is 1.64. The normalized spacial score (nSPS) is 19.3. The van der Waals surface area contributed by atoms with Crippen molar-refractivity contribution in [2.45, 2.75) is 0 Å². The van der Waals surface area contributed by atoms with Crippen LogP contribution in [0.25, 0.3) is 6.08 Å². The van der Waals surface area contributed by atoms with Crippen molar-refractivity contribution in [1.29, 1.82) is 0 Å². The van der Waals surface area contributed by atoms with Gasteiger partial charge in [0.2, 0.25) is 0 Å². The topological polar surface area (TPSA) is 57.6 Å². The first-order chi connectivity index (χ1) is 5.86. The van der Waals surface area contributed by atoms with Gasteiger partial charge in [0.05, 0.1) is 6.54 Å². The molecule has 4 heteroatoms. The molecule has 0 aromatic carbocycles. The van der Waals surface area contributed by atoms with Crippen molar-refractivity contribution in [3.8, 4) is 0 Å². The summed E-state index contributed by atoms with van der Waals surface area (Å²) in [7, 11) is 0. The molecule has 1 N–H and O–H groups in total. The fourth-order valence-corrected chi connectivity index (χ4v) is 1.04. The Hall–Kier alpha value is -1.71. The molecule has 4 nitrogen and oxygen atoms in total. The number of aromatic nitrogens is 1. The van der Waals surface area contributed by atoms with Crippen molar-refractivity contribution in [2.75, 3.05) is 6.54 Å². The molecule has 1 aliphatic rings. The fraction of sp³-hybridized carbons (Fsp3) is 0.125. The molecule has 1 amide bonds. The van der Waals surface area contributed by atoms with E-state index < -0.39 is 0 Å². The van der Waals surface area contributed by atoms with Crippen molar-refractivity contribution in [1.82, 2.24) is 4.98 Å². The maximum absolute atomic E-state index is 11.0. The first kappa shape index (κ1) is 6.97. The molecule has 0 radical (unpaired) electrons. The Labute approximate surface area is 69.0 Å². The second-order valence-corrected chi connectivity index (χ2v) is 2.52. The highest BCUT2D eigenvalue weighted by Gasteiger charge is 2.13. The van der Waals surface area contributed by atoms with Crippen LogP contribution in [0.15, 0.2) is 34.3 Å². The molecule has 0 saturated heterocycles. The van der Waals surface area contributed by atoms with Crippen molar-refractivity contribution >= 4 is 12.0 Å². The molecule has 2 heterocycles. The Kier molecular flexibility index (Phi) is 1.59. The van der Waals surface area contributed by atoms with E-state index in [-0.39, 0.29) is 5.91 Å². The van der Waals surface area contributed by atoms with Crippen LogP contribution in [0.2, 0.25) is 0 Å². The number of nitrogens with one attached hydrogen (secondary N) is 1. The summed E-state index contributed by atoms with van der Waals surface area (Å²) in [5.74, 6) is -0.226. The van der Waals surface area contributed by atoms with Crippen LogP contribution in [-0.2, 0) is 4.79 Å². The van der Waals surface area contributed by atoms with Crippen LogP contribution in [0, 0.1) is 0 Å². The average molecular weight is 161 g/mol. The molecule has 0 atom stereocenters. The zero-order valence-corrected chi connectivity index (χ0v) is 6.32. The second-order valence-electron chi connectivity index (χ2n) is 2.52. The number of aromatic amines is 1. The van der Waals surface area contributed by atoms with Crippen LogP contribution in [0.3, 0.4) is 0 Å². The lowest BCUT2D eigenvalue weighted by atomic mass is 10.2. The fourth-order valence-electron chi connectivity index (χ4n) is 1.04. The molecule has 60 valence electrons. The summed E-state index contributed by atoms with van der Waals surface area (Å²) in [6, 6.07) is 1.89. The lowest BCUT2D eigenvalue weighted by Gasteiger charge is -1.87. The van der Waals surface area contributed by atoms with Gasteiger partial charge in [0.1, 0.15) is 0 Å². The molecular formula is C8H7N3O. The Bertz CT molecular complexity index is 348. The largest absolute Gasteiger partial charge is 0.367 e. The zero-order valence-electron chi connectivity index (χ0n) is 6.32. The monoisotopic (exact) mass is 161 g/mol. The second kappa shape index (κ2) is 2.73. The lowest BCUT2D eigenvalue weighted by molar-refractivity contribution is -0.114. The minimum atomic E-state index is -0.226. The first-order valence-corrected chi connectivity index (χ1v) is 3.61. The van der Waals surface area contributed by atoms with Gasteiger partial charge in [0.15, 0.2) is 0 Å². The smallest absolute Gasteiger partial charge is 0.292 e. The van der Waals surface area contributed by atoms with Gasteiger partial charge in [0.25, 0.3) is 5.91 Å². The summed E-state index contributed by atoms with van der Waals surface area (Å²) in [4.78, 5) is 13.9. The van der Waals surface area contributed by atoms with Crippen molar-refractivity contribution < 1.29 is 4.79 Å². The van der Waals surface area contributed by atoms with E-state index in [1.165, 1.54) is 0 Å². The zero-order chi connectivity index (χ0) is 8.39. The molecule has 0 spiro atoms. The number of rotatable bonds is 1. The predicted octanol–water partition coefficient (Wildman–Crippen LogP) is 1.39. The van der Waals surface area contributed by atoms with E-state index in [1.54, 1.807) is 12.3 Å². The summed E-state index contributed by atoms with van der Waals surface area (Å²) in [6.45, 7) is 0.407. The van der Waals surface area contributed by atoms with Crippen molar-refractivity contribution in [3.63, 3.8) is 0 Å². The Morgan fingerprint density at radius 2 is 2.50 bits per heavy atom. The number of H-pyrrole nitrogens is 1. The highest BCUT2D eigenvalue weighted by Crippen LogP contribution is 2.12. The minimum absolute atomic E-state index is 0.226. The Balaban J connectivity index is 2.26. The van der Waals surface area contributed by atoms with Crippen LogP contribution >= 0.6 is 0 Å². The summed E-state index contributed by atoms with van der Waals surface area (Å²) >= 11 is 0. The third-order valence-electron chi connectivity index (χ3n) is 1.64. The molecule has 0 aliphatic carbocycles. The number of carbonyl (C=O) groups is 1. The molecule has 0 saturated carbocycles. The Morgan fingerprint density at radius 1 is 1.58 bits per heavy atom. The van der Waals surface area contributed by atoms with E-state index in [4.69, 9.17) is 0 Å². The van der Waals surface area contributed by atoms with Gasteiger partial charge in [-0.2, -0.15) is 5.11 Å². The number of nitrogens with zero attached hydrogens (tertiary/aromatic N) is 2. The molecular weight excluding hydrogens is 154 g/mol. The van der Waals surface area contributed by atoms with E-state index in [0.29, 0.717) is 12.1 Å². The van der Waals surface area contributed by atoms with Crippen LogP contribution in [0.5, 0.6) is 0 Å². The number of hydrogen-bond acceptors (Lipinski definition) is 2. The van der Waals surface area contributed by atoms with Gasteiger partial charge < -0.3 is 4.98 Å². The van der Waals surface area contributed by atoms with Gasteiger partial charge in [-0.3, -0.25) is 4.79 Å². The van der Waals surface area contributed by atoms with Crippen LogP contribution < -0.4 is 0 Å². The highest BCUT2D eigenvalue weighted by atomic mass is 16.2. The van der Waals surface area contributed by atoms with Crippen molar-refractivity contribution in [3.05, 3.63) is 29.6 Å². The minimum Gasteiger partial charge on any atom is -0.367 e. The number of hydrogen-bond donors (Lipinski definition) is 1.